The first kappa shape index (κ1) is 13.3. The van der Waals surface area contributed by atoms with E-state index in [0.29, 0.717) is 5.69 Å². The molecule has 0 atom stereocenters. The Hall–Kier alpha value is -2.17. The van der Waals surface area contributed by atoms with Gasteiger partial charge in [-0.1, -0.05) is 13.0 Å². The van der Waals surface area contributed by atoms with E-state index in [1.165, 1.54) is 24.4 Å². The second-order valence-electron chi connectivity index (χ2n) is 4.11. The fraction of sp³-hybridized carbons (Fsp3) is 0.214. The number of rotatable bonds is 5. The smallest absolute Gasteiger partial charge is 0.149 e. The van der Waals surface area contributed by atoms with Crippen molar-refractivity contribution >= 4 is 17.1 Å². The molecule has 0 aliphatic carbocycles. The maximum absolute atomic E-state index is 13.5. The Kier molecular flexibility index (Phi) is 4.28. The standard InChI is InChI=1S/C14H15F2N3/c1-2-6-18-10-7-11(9-17-8-10)19-14-12(15)4-3-5-13(14)16/h3-5,7-9,18-19H,2,6H2,1H3. The molecule has 2 rings (SSSR count). The number of nitrogens with zero attached hydrogens (tertiary/aromatic N) is 1. The zero-order chi connectivity index (χ0) is 13.7. The summed E-state index contributed by atoms with van der Waals surface area (Å²) in [5.41, 5.74) is 1.17. The number of para-hydroxylation sites is 1. The highest BCUT2D eigenvalue weighted by atomic mass is 19.1. The molecule has 2 N–H and O–H groups in total. The number of hydrogen-bond donors (Lipinski definition) is 2. The molecule has 1 aromatic carbocycles. The third-order valence-corrected chi connectivity index (χ3v) is 2.55. The molecule has 19 heavy (non-hydrogen) atoms. The SMILES string of the molecule is CCCNc1cncc(Nc2c(F)cccc2F)c1. The zero-order valence-corrected chi connectivity index (χ0v) is 10.6. The van der Waals surface area contributed by atoms with Gasteiger partial charge in [0, 0.05) is 6.54 Å². The molecule has 0 aliphatic heterocycles. The molecule has 0 unspecified atom stereocenters. The van der Waals surface area contributed by atoms with E-state index in [0.717, 1.165) is 18.7 Å². The molecule has 0 saturated heterocycles. The summed E-state index contributed by atoms with van der Waals surface area (Å²) in [5.74, 6) is -1.26. The van der Waals surface area contributed by atoms with Gasteiger partial charge in [-0.2, -0.15) is 0 Å². The average molecular weight is 263 g/mol. The van der Waals surface area contributed by atoms with Crippen LogP contribution in [-0.4, -0.2) is 11.5 Å². The van der Waals surface area contributed by atoms with E-state index in [4.69, 9.17) is 0 Å². The second kappa shape index (κ2) is 6.13. The lowest BCUT2D eigenvalue weighted by Gasteiger charge is -2.10. The van der Waals surface area contributed by atoms with Gasteiger partial charge < -0.3 is 10.6 Å². The highest BCUT2D eigenvalue weighted by Gasteiger charge is 2.08. The van der Waals surface area contributed by atoms with Gasteiger partial charge in [-0.25, -0.2) is 8.78 Å². The van der Waals surface area contributed by atoms with Gasteiger partial charge in [0.15, 0.2) is 0 Å². The molecule has 100 valence electrons. The van der Waals surface area contributed by atoms with Gasteiger partial charge >= 0.3 is 0 Å². The summed E-state index contributed by atoms with van der Waals surface area (Å²) < 4.78 is 27.0. The molecule has 3 nitrogen and oxygen atoms in total. The molecule has 0 spiro atoms. The van der Waals surface area contributed by atoms with Crippen LogP contribution in [0.4, 0.5) is 25.8 Å². The van der Waals surface area contributed by atoms with Gasteiger partial charge in [-0.05, 0) is 24.6 Å². The third kappa shape index (κ3) is 3.40. The molecular formula is C14H15F2N3. The van der Waals surface area contributed by atoms with Crippen molar-refractivity contribution in [2.75, 3.05) is 17.2 Å². The Balaban J connectivity index is 2.19. The number of nitrogens with one attached hydrogen (secondary N) is 2. The molecule has 0 saturated carbocycles. The molecule has 0 aliphatic rings. The third-order valence-electron chi connectivity index (χ3n) is 2.55. The summed E-state index contributed by atoms with van der Waals surface area (Å²) in [6.07, 6.45) is 4.17. The van der Waals surface area contributed by atoms with Crippen molar-refractivity contribution in [1.82, 2.24) is 4.98 Å². The Labute approximate surface area is 110 Å². The molecule has 1 heterocycles. The summed E-state index contributed by atoms with van der Waals surface area (Å²) in [4.78, 5) is 4.02. The van der Waals surface area contributed by atoms with Gasteiger partial charge in [-0.15, -0.1) is 0 Å². The number of pyridine rings is 1. The molecule has 1 aromatic heterocycles. The second-order valence-corrected chi connectivity index (χ2v) is 4.11. The van der Waals surface area contributed by atoms with E-state index in [1.807, 2.05) is 0 Å². The first-order valence-electron chi connectivity index (χ1n) is 6.10. The number of anilines is 3. The molecule has 0 amide bonds. The minimum atomic E-state index is -0.632. The highest BCUT2D eigenvalue weighted by Crippen LogP contribution is 2.24. The minimum absolute atomic E-state index is 0.169. The van der Waals surface area contributed by atoms with Gasteiger partial charge in [0.2, 0.25) is 0 Å². The molecule has 0 radical (unpaired) electrons. The largest absolute Gasteiger partial charge is 0.384 e. The van der Waals surface area contributed by atoms with Crippen molar-refractivity contribution in [1.29, 1.82) is 0 Å². The summed E-state index contributed by atoms with van der Waals surface area (Å²) >= 11 is 0. The van der Waals surface area contributed by atoms with Crippen LogP contribution >= 0.6 is 0 Å². The normalized spacial score (nSPS) is 10.3. The van der Waals surface area contributed by atoms with E-state index < -0.39 is 11.6 Å². The lowest BCUT2D eigenvalue weighted by atomic mass is 10.2. The molecular weight excluding hydrogens is 248 g/mol. The maximum Gasteiger partial charge on any atom is 0.149 e. The van der Waals surface area contributed by atoms with Gasteiger partial charge in [0.25, 0.3) is 0 Å². The van der Waals surface area contributed by atoms with E-state index in [1.54, 1.807) is 12.3 Å². The molecule has 5 heteroatoms. The van der Waals surface area contributed by atoms with E-state index >= 15 is 0 Å². The number of benzene rings is 1. The van der Waals surface area contributed by atoms with Crippen molar-refractivity contribution in [2.24, 2.45) is 0 Å². The van der Waals surface area contributed by atoms with Crippen molar-refractivity contribution in [3.63, 3.8) is 0 Å². The van der Waals surface area contributed by atoms with Crippen LogP contribution in [0.15, 0.2) is 36.7 Å². The van der Waals surface area contributed by atoms with Crippen LogP contribution in [0.3, 0.4) is 0 Å². The summed E-state index contributed by atoms with van der Waals surface area (Å²) in [7, 11) is 0. The first-order valence-corrected chi connectivity index (χ1v) is 6.10. The summed E-state index contributed by atoms with van der Waals surface area (Å²) in [6, 6.07) is 5.50. The fourth-order valence-electron chi connectivity index (χ4n) is 1.64. The number of halogens is 2. The quantitative estimate of drug-likeness (QED) is 0.858. The van der Waals surface area contributed by atoms with Crippen LogP contribution in [0.5, 0.6) is 0 Å². The average Bonchev–Trinajstić information content (AvgIpc) is 2.41. The summed E-state index contributed by atoms with van der Waals surface area (Å²) in [6.45, 7) is 2.87. The minimum Gasteiger partial charge on any atom is -0.384 e. The Morgan fingerprint density at radius 2 is 1.79 bits per heavy atom. The van der Waals surface area contributed by atoms with Crippen molar-refractivity contribution in [3.05, 3.63) is 48.3 Å². The fourth-order valence-corrected chi connectivity index (χ4v) is 1.64. The summed E-state index contributed by atoms with van der Waals surface area (Å²) in [5, 5.41) is 5.86. The van der Waals surface area contributed by atoms with Gasteiger partial charge in [0.05, 0.1) is 23.8 Å². The highest BCUT2D eigenvalue weighted by molar-refractivity contribution is 5.63. The van der Waals surface area contributed by atoms with Crippen LogP contribution in [0.2, 0.25) is 0 Å². The van der Waals surface area contributed by atoms with Crippen LogP contribution < -0.4 is 10.6 Å². The molecule has 0 bridgehead atoms. The lowest BCUT2D eigenvalue weighted by Crippen LogP contribution is -2.02. The van der Waals surface area contributed by atoms with E-state index in [2.05, 4.69) is 22.5 Å². The molecule has 0 fully saturated rings. The number of aromatic nitrogens is 1. The molecule has 2 aromatic rings. The van der Waals surface area contributed by atoms with Crippen molar-refractivity contribution in [2.45, 2.75) is 13.3 Å². The van der Waals surface area contributed by atoms with Crippen LogP contribution in [0.25, 0.3) is 0 Å². The zero-order valence-electron chi connectivity index (χ0n) is 10.6. The van der Waals surface area contributed by atoms with Crippen molar-refractivity contribution in [3.8, 4) is 0 Å². The Morgan fingerprint density at radius 1 is 1.11 bits per heavy atom. The Bertz CT molecular complexity index is 538. The van der Waals surface area contributed by atoms with Crippen LogP contribution in [0.1, 0.15) is 13.3 Å². The Morgan fingerprint density at radius 3 is 2.47 bits per heavy atom. The monoisotopic (exact) mass is 263 g/mol. The lowest BCUT2D eigenvalue weighted by molar-refractivity contribution is 0.591. The predicted molar refractivity (Wildman–Crippen MR) is 72.7 cm³/mol. The van der Waals surface area contributed by atoms with E-state index in [9.17, 15) is 8.78 Å². The van der Waals surface area contributed by atoms with Crippen molar-refractivity contribution < 1.29 is 8.78 Å². The first-order chi connectivity index (χ1) is 9.20. The van der Waals surface area contributed by atoms with Gasteiger partial charge in [-0.3, -0.25) is 4.98 Å². The predicted octanol–water partition coefficient (Wildman–Crippen LogP) is 3.93. The van der Waals surface area contributed by atoms with Crippen LogP contribution in [-0.2, 0) is 0 Å². The maximum atomic E-state index is 13.5. The van der Waals surface area contributed by atoms with Crippen LogP contribution in [0, 0.1) is 11.6 Å². The van der Waals surface area contributed by atoms with E-state index in [-0.39, 0.29) is 5.69 Å². The van der Waals surface area contributed by atoms with Gasteiger partial charge in [0.1, 0.15) is 17.3 Å². The number of hydrogen-bond acceptors (Lipinski definition) is 3. The topological polar surface area (TPSA) is 37.0 Å².